The standard InChI is InChI=1S/C7H9BNSi/c1-10(2)7-4-3-6(8)5-9-7/h3-5H,1-2H3. The highest BCUT2D eigenvalue weighted by Crippen LogP contribution is 1.79. The predicted octanol–water partition coefficient (Wildman–Crippen LogP) is -0.163. The van der Waals surface area contributed by atoms with Gasteiger partial charge >= 0.3 is 0 Å². The molecule has 10 heavy (non-hydrogen) atoms. The Hall–Kier alpha value is -0.568. The first kappa shape index (κ1) is 7.54. The molecule has 1 aromatic rings. The van der Waals surface area contributed by atoms with Gasteiger partial charge in [0.15, 0.2) is 0 Å². The maximum absolute atomic E-state index is 5.48. The zero-order valence-electron chi connectivity index (χ0n) is 6.26. The third kappa shape index (κ3) is 1.70. The highest BCUT2D eigenvalue weighted by Gasteiger charge is 1.99. The van der Waals surface area contributed by atoms with Gasteiger partial charge in [-0.2, -0.15) is 0 Å². The molecule has 0 amide bonds. The molecule has 0 aliphatic heterocycles. The van der Waals surface area contributed by atoms with Crippen LogP contribution in [-0.2, 0) is 0 Å². The summed E-state index contributed by atoms with van der Waals surface area (Å²) in [4.78, 5) is 4.20. The summed E-state index contributed by atoms with van der Waals surface area (Å²) < 4.78 is 0. The second-order valence-electron chi connectivity index (χ2n) is 2.48. The number of rotatable bonds is 1. The van der Waals surface area contributed by atoms with E-state index in [1.54, 1.807) is 6.20 Å². The van der Waals surface area contributed by atoms with Crippen molar-refractivity contribution >= 4 is 27.4 Å². The van der Waals surface area contributed by atoms with Crippen molar-refractivity contribution in [2.75, 3.05) is 0 Å². The van der Waals surface area contributed by atoms with Gasteiger partial charge in [-0.15, -0.1) is 0 Å². The van der Waals surface area contributed by atoms with E-state index in [1.807, 2.05) is 12.1 Å². The minimum Gasteiger partial charge on any atom is -0.267 e. The smallest absolute Gasteiger partial charge is 0.115 e. The second-order valence-corrected chi connectivity index (χ2v) is 4.99. The fourth-order valence-electron chi connectivity index (χ4n) is 0.701. The van der Waals surface area contributed by atoms with Crippen LogP contribution < -0.4 is 10.8 Å². The Morgan fingerprint density at radius 2 is 2.10 bits per heavy atom. The minimum atomic E-state index is -0.395. The highest BCUT2D eigenvalue weighted by molar-refractivity contribution is 6.69. The van der Waals surface area contributed by atoms with E-state index in [1.165, 1.54) is 5.32 Å². The third-order valence-corrected chi connectivity index (χ3v) is 2.62. The largest absolute Gasteiger partial charge is 0.267 e. The van der Waals surface area contributed by atoms with Gasteiger partial charge in [0.1, 0.15) is 16.6 Å². The van der Waals surface area contributed by atoms with E-state index in [2.05, 4.69) is 18.1 Å². The molecule has 3 heteroatoms. The number of hydrogen-bond donors (Lipinski definition) is 0. The molecule has 49 valence electrons. The van der Waals surface area contributed by atoms with Gasteiger partial charge in [-0.05, 0) is 6.07 Å². The topological polar surface area (TPSA) is 12.9 Å². The molecule has 0 atom stereocenters. The molecule has 0 aliphatic carbocycles. The van der Waals surface area contributed by atoms with Crippen LogP contribution in [0.25, 0.3) is 0 Å². The van der Waals surface area contributed by atoms with Crippen molar-refractivity contribution in [1.82, 2.24) is 4.98 Å². The predicted molar refractivity (Wildman–Crippen MR) is 46.7 cm³/mol. The van der Waals surface area contributed by atoms with Gasteiger partial charge in [-0.25, -0.2) is 0 Å². The van der Waals surface area contributed by atoms with Gasteiger partial charge in [0.2, 0.25) is 0 Å². The number of aromatic nitrogens is 1. The van der Waals surface area contributed by atoms with Gasteiger partial charge in [0.05, 0.1) is 0 Å². The molecule has 3 radical (unpaired) electrons. The van der Waals surface area contributed by atoms with E-state index in [0.29, 0.717) is 0 Å². The third-order valence-electron chi connectivity index (χ3n) is 1.30. The van der Waals surface area contributed by atoms with Crippen molar-refractivity contribution in [3.63, 3.8) is 0 Å². The molecule has 0 aromatic carbocycles. The summed E-state index contributed by atoms with van der Waals surface area (Å²) >= 11 is 0. The lowest BCUT2D eigenvalue weighted by Crippen LogP contribution is -2.27. The lowest BCUT2D eigenvalue weighted by Gasteiger charge is -2.00. The van der Waals surface area contributed by atoms with Crippen LogP contribution in [0.5, 0.6) is 0 Å². The Morgan fingerprint density at radius 3 is 2.50 bits per heavy atom. The van der Waals surface area contributed by atoms with E-state index in [-0.39, 0.29) is 0 Å². The van der Waals surface area contributed by atoms with E-state index in [0.717, 1.165) is 5.46 Å². The van der Waals surface area contributed by atoms with Crippen LogP contribution in [0.3, 0.4) is 0 Å². The van der Waals surface area contributed by atoms with Crippen LogP contribution in [0.4, 0.5) is 0 Å². The van der Waals surface area contributed by atoms with Gasteiger partial charge in [0, 0.05) is 11.5 Å². The lowest BCUT2D eigenvalue weighted by molar-refractivity contribution is 1.40. The van der Waals surface area contributed by atoms with E-state index >= 15 is 0 Å². The molecule has 1 rings (SSSR count). The minimum absolute atomic E-state index is 0.395. The first-order valence-corrected chi connectivity index (χ1v) is 5.72. The van der Waals surface area contributed by atoms with Crippen molar-refractivity contribution in [2.45, 2.75) is 13.1 Å². The highest BCUT2D eigenvalue weighted by atomic mass is 28.3. The average molecular weight is 146 g/mol. The summed E-state index contributed by atoms with van der Waals surface area (Å²) in [6.07, 6.45) is 1.72. The quantitative estimate of drug-likeness (QED) is 0.501. The molecule has 0 bridgehead atoms. The Kier molecular flexibility index (Phi) is 2.27. The molecule has 1 heterocycles. The maximum Gasteiger partial charge on any atom is 0.115 e. The van der Waals surface area contributed by atoms with Gasteiger partial charge in [-0.1, -0.05) is 24.6 Å². The SMILES string of the molecule is [B]c1ccc([Si](C)C)nc1. The number of hydrogen-bond acceptors (Lipinski definition) is 1. The van der Waals surface area contributed by atoms with Crippen LogP contribution in [0, 0.1) is 0 Å². The Balaban J connectivity index is 2.89. The molecule has 0 saturated carbocycles. The molecule has 0 spiro atoms. The zero-order valence-corrected chi connectivity index (χ0v) is 7.26. The molecule has 0 fully saturated rings. The van der Waals surface area contributed by atoms with E-state index < -0.39 is 8.80 Å². The molecule has 0 saturated heterocycles. The number of nitrogens with zero attached hydrogens (tertiary/aromatic N) is 1. The molecule has 0 aliphatic rings. The molecule has 1 aromatic heterocycles. The van der Waals surface area contributed by atoms with Gasteiger partial charge in [-0.3, -0.25) is 4.98 Å². The first-order chi connectivity index (χ1) is 4.70. The molecule has 0 N–H and O–H groups in total. The fraction of sp³-hybridized carbons (Fsp3) is 0.286. The van der Waals surface area contributed by atoms with Gasteiger partial charge in [0.25, 0.3) is 0 Å². The monoisotopic (exact) mass is 146 g/mol. The summed E-state index contributed by atoms with van der Waals surface area (Å²) in [6, 6.07) is 3.91. The Bertz CT molecular complexity index is 207. The summed E-state index contributed by atoms with van der Waals surface area (Å²) in [5.74, 6) is 0. The van der Waals surface area contributed by atoms with Crippen molar-refractivity contribution in [1.29, 1.82) is 0 Å². The van der Waals surface area contributed by atoms with Gasteiger partial charge < -0.3 is 0 Å². The summed E-state index contributed by atoms with van der Waals surface area (Å²) in [7, 11) is 5.08. The van der Waals surface area contributed by atoms with Crippen LogP contribution >= 0.6 is 0 Å². The van der Waals surface area contributed by atoms with E-state index in [9.17, 15) is 0 Å². The molecule has 0 unspecified atom stereocenters. The van der Waals surface area contributed by atoms with Crippen molar-refractivity contribution in [3.8, 4) is 0 Å². The maximum atomic E-state index is 5.48. The zero-order chi connectivity index (χ0) is 7.56. The van der Waals surface area contributed by atoms with Crippen LogP contribution in [0.1, 0.15) is 0 Å². The number of pyridine rings is 1. The van der Waals surface area contributed by atoms with Crippen molar-refractivity contribution in [2.24, 2.45) is 0 Å². The normalized spacial score (nSPS) is 10.3. The van der Waals surface area contributed by atoms with Crippen LogP contribution in [-0.4, -0.2) is 21.6 Å². The van der Waals surface area contributed by atoms with Crippen LogP contribution in [0.2, 0.25) is 13.1 Å². The average Bonchev–Trinajstić information content (AvgIpc) is 1.88. The fourth-order valence-corrected chi connectivity index (χ4v) is 1.44. The first-order valence-electron chi connectivity index (χ1n) is 3.22. The molecular formula is C7H9BNSi. The van der Waals surface area contributed by atoms with Crippen molar-refractivity contribution in [3.05, 3.63) is 18.3 Å². The summed E-state index contributed by atoms with van der Waals surface area (Å²) in [5.41, 5.74) is 0.743. The Labute approximate surface area is 64.5 Å². The second kappa shape index (κ2) is 3.01. The molecular weight excluding hydrogens is 137 g/mol. The van der Waals surface area contributed by atoms with E-state index in [4.69, 9.17) is 7.85 Å². The Morgan fingerprint density at radius 1 is 1.40 bits per heavy atom. The molecule has 1 nitrogen and oxygen atoms in total. The van der Waals surface area contributed by atoms with Crippen molar-refractivity contribution < 1.29 is 0 Å². The lowest BCUT2D eigenvalue weighted by atomic mass is 9.99. The van der Waals surface area contributed by atoms with Crippen LogP contribution in [0.15, 0.2) is 18.3 Å². The summed E-state index contributed by atoms with van der Waals surface area (Å²) in [6.45, 7) is 4.42. The summed E-state index contributed by atoms with van der Waals surface area (Å²) in [5, 5.41) is 1.19.